The van der Waals surface area contributed by atoms with Crippen LogP contribution >= 0.6 is 0 Å². The number of carbonyl (C=O) groups is 2. The highest BCUT2D eigenvalue weighted by Crippen LogP contribution is 2.39. The van der Waals surface area contributed by atoms with Crippen LogP contribution in [-0.2, 0) is 19.1 Å². The minimum absolute atomic E-state index is 0.144. The zero-order valence-electron chi connectivity index (χ0n) is 17.0. The van der Waals surface area contributed by atoms with Crippen molar-refractivity contribution in [2.45, 2.75) is 0 Å². The van der Waals surface area contributed by atoms with Crippen molar-refractivity contribution < 1.29 is 27.8 Å². The van der Waals surface area contributed by atoms with Crippen molar-refractivity contribution in [2.24, 2.45) is 0 Å². The van der Waals surface area contributed by atoms with Gasteiger partial charge in [0.05, 0.1) is 36.8 Å². The number of hydrogen-bond acceptors (Lipinski definition) is 4. The van der Waals surface area contributed by atoms with E-state index in [4.69, 9.17) is 9.47 Å². The van der Waals surface area contributed by atoms with Gasteiger partial charge in [-0.1, -0.05) is 0 Å². The van der Waals surface area contributed by atoms with Gasteiger partial charge < -0.3 is 19.4 Å². The maximum atomic E-state index is 14.1. The van der Waals surface area contributed by atoms with Crippen LogP contribution in [0.1, 0.15) is 22.5 Å². The molecule has 0 radical (unpaired) electrons. The first-order valence-corrected chi connectivity index (χ1v) is 9.64. The molecule has 1 aliphatic rings. The topological polar surface area (TPSA) is 84.2 Å². The Labute approximate surface area is 180 Å². The van der Waals surface area contributed by atoms with Gasteiger partial charge in [-0.15, -0.1) is 0 Å². The Bertz CT molecular complexity index is 1390. The molecule has 5 rings (SSSR count). The molecule has 1 aliphatic carbocycles. The Kier molecular flexibility index (Phi) is 4.44. The molecule has 8 heteroatoms. The average Bonchev–Trinajstić information content (AvgIpc) is 3.30. The van der Waals surface area contributed by atoms with Crippen molar-refractivity contribution >= 4 is 57.0 Å². The van der Waals surface area contributed by atoms with Crippen LogP contribution in [0.5, 0.6) is 0 Å². The second-order valence-corrected chi connectivity index (χ2v) is 7.31. The highest BCUT2D eigenvalue weighted by molar-refractivity contribution is 6.30. The lowest BCUT2D eigenvalue weighted by molar-refractivity contribution is -0.134. The zero-order valence-corrected chi connectivity index (χ0v) is 17.0. The number of ether oxygens (including phenoxy) is 2. The summed E-state index contributed by atoms with van der Waals surface area (Å²) in [6, 6.07) is 8.29. The quantitative estimate of drug-likeness (QED) is 0.449. The van der Waals surface area contributed by atoms with E-state index in [0.29, 0.717) is 44.3 Å². The largest absolute Gasteiger partial charge is 0.465 e. The lowest BCUT2D eigenvalue weighted by atomic mass is 9.94. The van der Waals surface area contributed by atoms with E-state index in [1.165, 1.54) is 50.6 Å². The number of aromatic amines is 2. The van der Waals surface area contributed by atoms with Crippen LogP contribution in [0.3, 0.4) is 0 Å². The highest BCUT2D eigenvalue weighted by atomic mass is 19.1. The normalized spacial score (nSPS) is 16.2. The first kappa shape index (κ1) is 19.7. The van der Waals surface area contributed by atoms with Gasteiger partial charge >= 0.3 is 11.9 Å². The van der Waals surface area contributed by atoms with E-state index in [1.807, 2.05) is 0 Å². The van der Waals surface area contributed by atoms with Crippen molar-refractivity contribution in [3.63, 3.8) is 0 Å². The Balaban J connectivity index is 1.95. The molecule has 32 heavy (non-hydrogen) atoms. The molecule has 2 aromatic heterocycles. The number of carbonyl (C=O) groups excluding carboxylic acids is 2. The van der Waals surface area contributed by atoms with Crippen molar-refractivity contribution in [3.8, 4) is 0 Å². The standard InChI is InChI=1S/C24H16F2N2O4/c1-31-23(29)17-9-15-13-7-11(25)4-6-20(13)28-22(15)18(24(30)32-2)10-16-14-8-12(26)3-5-19(14)27-21(16)17/h3-10,27-28H,1-2H3/b15-9?,16-10?,17-9+,18-10+,21-17?,22-18?. The smallest absolute Gasteiger partial charge is 0.340 e. The van der Waals surface area contributed by atoms with Crippen molar-refractivity contribution in [3.05, 3.63) is 70.5 Å². The number of halogens is 2. The Morgan fingerprint density at radius 1 is 0.719 bits per heavy atom. The molecule has 6 nitrogen and oxygen atoms in total. The van der Waals surface area contributed by atoms with Crippen molar-refractivity contribution in [1.29, 1.82) is 0 Å². The van der Waals surface area contributed by atoms with Gasteiger partial charge in [-0.2, -0.15) is 0 Å². The van der Waals surface area contributed by atoms with Crippen LogP contribution in [0, 0.1) is 11.6 Å². The first-order chi connectivity index (χ1) is 15.4. The zero-order chi connectivity index (χ0) is 22.6. The van der Waals surface area contributed by atoms with Crippen LogP contribution in [0.15, 0.2) is 36.4 Å². The molecule has 0 saturated carbocycles. The minimum Gasteiger partial charge on any atom is -0.465 e. The molecule has 0 atom stereocenters. The van der Waals surface area contributed by atoms with Gasteiger partial charge in [-0.25, -0.2) is 18.4 Å². The predicted octanol–water partition coefficient (Wildman–Crippen LogP) is 4.67. The molecule has 0 saturated heterocycles. The van der Waals surface area contributed by atoms with E-state index in [9.17, 15) is 18.4 Å². The maximum absolute atomic E-state index is 14.1. The molecule has 160 valence electrons. The van der Waals surface area contributed by atoms with Crippen molar-refractivity contribution in [2.75, 3.05) is 14.2 Å². The van der Waals surface area contributed by atoms with E-state index in [-0.39, 0.29) is 11.1 Å². The minimum atomic E-state index is -0.648. The van der Waals surface area contributed by atoms with E-state index in [2.05, 4.69) is 9.97 Å². The summed E-state index contributed by atoms with van der Waals surface area (Å²) < 4.78 is 38.1. The third kappa shape index (κ3) is 2.91. The van der Waals surface area contributed by atoms with E-state index in [1.54, 1.807) is 12.1 Å². The molecule has 4 aromatic rings. The van der Waals surface area contributed by atoms with E-state index < -0.39 is 23.6 Å². The number of aromatic nitrogens is 2. The number of H-pyrrole nitrogens is 2. The number of nitrogens with one attached hydrogen (secondary N) is 2. The third-order valence-corrected chi connectivity index (χ3v) is 5.53. The molecular weight excluding hydrogens is 418 g/mol. The van der Waals surface area contributed by atoms with Gasteiger partial charge in [0.25, 0.3) is 0 Å². The number of esters is 2. The Morgan fingerprint density at radius 2 is 1.12 bits per heavy atom. The number of hydrogen-bond donors (Lipinski definition) is 2. The van der Waals surface area contributed by atoms with Gasteiger partial charge in [0, 0.05) is 32.9 Å². The predicted molar refractivity (Wildman–Crippen MR) is 116 cm³/mol. The first-order valence-electron chi connectivity index (χ1n) is 9.64. The van der Waals surface area contributed by atoms with Crippen molar-refractivity contribution in [1.82, 2.24) is 9.97 Å². The van der Waals surface area contributed by atoms with Crippen LogP contribution in [0.25, 0.3) is 45.1 Å². The van der Waals surface area contributed by atoms with Gasteiger partial charge in [-0.05, 0) is 48.6 Å². The van der Waals surface area contributed by atoms with Gasteiger partial charge in [0.15, 0.2) is 0 Å². The monoisotopic (exact) mass is 434 g/mol. The fourth-order valence-corrected chi connectivity index (χ4v) is 4.07. The third-order valence-electron chi connectivity index (χ3n) is 5.53. The molecule has 0 amide bonds. The number of rotatable bonds is 2. The summed E-state index contributed by atoms with van der Waals surface area (Å²) in [7, 11) is 2.49. The summed E-state index contributed by atoms with van der Waals surface area (Å²) in [5.74, 6) is -2.24. The van der Waals surface area contributed by atoms with E-state index >= 15 is 0 Å². The molecule has 0 unspecified atom stereocenters. The van der Waals surface area contributed by atoms with E-state index in [0.717, 1.165) is 0 Å². The number of benzene rings is 2. The second-order valence-electron chi connectivity index (χ2n) is 7.31. The Hall–Kier alpha value is -4.20. The van der Waals surface area contributed by atoms with Crippen LogP contribution in [0.2, 0.25) is 0 Å². The summed E-state index contributed by atoms with van der Waals surface area (Å²) in [4.78, 5) is 31.8. The summed E-state index contributed by atoms with van der Waals surface area (Å²) in [5, 5.41) is 0.948. The highest BCUT2D eigenvalue weighted by Gasteiger charge is 2.28. The number of methoxy groups -OCH3 is 2. The maximum Gasteiger partial charge on any atom is 0.340 e. The number of fused-ring (bicyclic) bond motifs is 6. The second kappa shape index (κ2) is 7.19. The lowest BCUT2D eigenvalue weighted by Crippen LogP contribution is -2.10. The average molecular weight is 434 g/mol. The molecule has 2 heterocycles. The molecule has 0 aliphatic heterocycles. The lowest BCUT2D eigenvalue weighted by Gasteiger charge is -2.12. The fourth-order valence-electron chi connectivity index (χ4n) is 4.07. The summed E-state index contributed by atoms with van der Waals surface area (Å²) in [5.41, 5.74) is 2.95. The van der Waals surface area contributed by atoms with Crippen LogP contribution in [-0.4, -0.2) is 36.1 Å². The molecular formula is C24H16F2N2O4. The molecule has 0 fully saturated rings. The summed E-state index contributed by atoms with van der Waals surface area (Å²) in [6.07, 6.45) is 3.06. The summed E-state index contributed by atoms with van der Waals surface area (Å²) in [6.45, 7) is 0. The fraction of sp³-hybridized carbons (Fsp3) is 0.0833. The molecule has 2 aromatic carbocycles. The van der Waals surface area contributed by atoms with Gasteiger partial charge in [0.1, 0.15) is 11.6 Å². The Morgan fingerprint density at radius 3 is 1.50 bits per heavy atom. The van der Waals surface area contributed by atoms with Crippen LogP contribution in [0.4, 0.5) is 8.78 Å². The molecule has 0 spiro atoms. The molecule has 2 N–H and O–H groups in total. The van der Waals surface area contributed by atoms with Gasteiger partial charge in [0.2, 0.25) is 0 Å². The van der Waals surface area contributed by atoms with Crippen LogP contribution < -0.4 is 0 Å². The SMILES string of the molecule is COC(=O)/C1=C/c2c([nH]c3ccc(F)cc23)/C(C(=O)OC)=C\c2c1[nH]c1ccc(F)cc21. The molecule has 0 bridgehead atoms. The summed E-state index contributed by atoms with van der Waals surface area (Å²) >= 11 is 0. The van der Waals surface area contributed by atoms with Gasteiger partial charge in [-0.3, -0.25) is 0 Å².